The number of amides is 6. The van der Waals surface area contributed by atoms with Crippen molar-refractivity contribution in [2.24, 2.45) is 56.2 Å². The number of carboxylic acids is 1. The molecule has 1 aromatic carbocycles. The molecule has 0 aliphatic carbocycles. The van der Waals surface area contributed by atoms with Crippen LogP contribution < -0.4 is 66.3 Å². The lowest BCUT2D eigenvalue weighted by Gasteiger charge is -2.29. The number of aromatic hydroxyl groups is 1. The highest BCUT2D eigenvalue weighted by atomic mass is 16.4. The van der Waals surface area contributed by atoms with E-state index in [1.165, 1.54) is 24.3 Å². The van der Waals surface area contributed by atoms with E-state index >= 15 is 0 Å². The van der Waals surface area contributed by atoms with Crippen LogP contribution in [0.2, 0.25) is 0 Å². The van der Waals surface area contributed by atoms with Gasteiger partial charge in [0.05, 0.1) is 6.61 Å². The molecule has 0 spiro atoms. The molecule has 21 N–H and O–H groups in total. The van der Waals surface area contributed by atoms with E-state index in [4.69, 9.17) is 34.4 Å². The Balaban J connectivity index is 3.47. The van der Waals surface area contributed by atoms with Crippen LogP contribution in [0.1, 0.15) is 84.6 Å². The number of carbonyl (C=O) groups is 7. The van der Waals surface area contributed by atoms with Crippen molar-refractivity contribution in [3.05, 3.63) is 29.8 Å². The zero-order valence-electron chi connectivity index (χ0n) is 37.8. The van der Waals surface area contributed by atoms with Crippen LogP contribution in [0.5, 0.6) is 5.75 Å². The lowest BCUT2D eigenvalue weighted by molar-refractivity contribution is -0.142. The number of aliphatic hydroxyl groups is 1. The fourth-order valence-electron chi connectivity index (χ4n) is 6.30. The Morgan fingerprint density at radius 2 is 1.05 bits per heavy atom. The monoisotopic (exact) mass is 921 g/mol. The van der Waals surface area contributed by atoms with E-state index in [9.17, 15) is 48.9 Å². The smallest absolute Gasteiger partial charge is 0.326 e. The van der Waals surface area contributed by atoms with E-state index in [2.05, 4.69) is 41.9 Å². The third kappa shape index (κ3) is 22.8. The number of aliphatic hydroxyl groups excluding tert-OH is 1. The second kappa shape index (κ2) is 30.0. The van der Waals surface area contributed by atoms with Gasteiger partial charge in [0.15, 0.2) is 11.9 Å². The minimum absolute atomic E-state index is 0.0115. The normalized spacial score (nSPS) is 14.3. The minimum Gasteiger partial charge on any atom is -0.508 e. The van der Waals surface area contributed by atoms with Crippen LogP contribution in [-0.4, -0.2) is 137 Å². The average Bonchev–Trinajstić information content (AvgIpc) is 3.23. The largest absolute Gasteiger partial charge is 0.508 e. The number of aliphatic carboxylic acids is 1. The van der Waals surface area contributed by atoms with Gasteiger partial charge >= 0.3 is 5.97 Å². The Kier molecular flexibility index (Phi) is 26.2. The molecule has 366 valence electrons. The van der Waals surface area contributed by atoms with E-state index in [1.807, 2.05) is 0 Å². The molecule has 0 saturated heterocycles. The van der Waals surface area contributed by atoms with Crippen molar-refractivity contribution in [2.75, 3.05) is 26.2 Å². The Bertz CT molecular complexity index is 1750. The third-order valence-corrected chi connectivity index (χ3v) is 9.85. The molecular formula is C41H72N14O10. The van der Waals surface area contributed by atoms with Gasteiger partial charge in [-0.1, -0.05) is 39.8 Å². The number of phenols is 1. The SMILES string of the molecule is CC(C)C[C@H](NC(=O)[C@H](Cc1ccc(O)cc1)NC(=O)[C@@H](N)CO)C(=O)N[C@@H](CCCN=C(N)N)C(=O)N[C@H](C(=O)N[C@@H](CCCN=C(N)N)C(=O)N[C@@H](CCCCN)C(=O)O)C(C)C. The summed E-state index contributed by atoms with van der Waals surface area (Å²) in [5, 5.41) is 44.6. The topological polar surface area (TPSA) is 433 Å². The van der Waals surface area contributed by atoms with E-state index in [0.717, 1.165) is 0 Å². The van der Waals surface area contributed by atoms with E-state index in [1.54, 1.807) is 27.7 Å². The van der Waals surface area contributed by atoms with Crippen LogP contribution in [0.3, 0.4) is 0 Å². The summed E-state index contributed by atoms with van der Waals surface area (Å²) in [6.07, 6.45) is 1.36. The van der Waals surface area contributed by atoms with Crippen molar-refractivity contribution in [2.45, 2.75) is 128 Å². The van der Waals surface area contributed by atoms with Gasteiger partial charge in [-0.25, -0.2) is 4.79 Å². The summed E-state index contributed by atoms with van der Waals surface area (Å²) >= 11 is 0. The quantitative estimate of drug-likeness (QED) is 0.0193. The number of unbranched alkanes of at least 4 members (excludes halogenated alkanes) is 1. The average molecular weight is 921 g/mol. The molecule has 24 nitrogen and oxygen atoms in total. The number of hydrogen-bond acceptors (Lipinski definition) is 13. The highest BCUT2D eigenvalue weighted by Crippen LogP contribution is 2.14. The first kappa shape index (κ1) is 56.7. The third-order valence-electron chi connectivity index (χ3n) is 9.85. The lowest BCUT2D eigenvalue weighted by Crippen LogP contribution is -2.61. The molecule has 0 radical (unpaired) electrons. The molecule has 0 saturated carbocycles. The van der Waals surface area contributed by atoms with Crippen LogP contribution >= 0.6 is 0 Å². The number of hydrogen-bond donors (Lipinski definition) is 15. The molecule has 0 aromatic heterocycles. The second-order valence-corrected chi connectivity index (χ2v) is 16.3. The summed E-state index contributed by atoms with van der Waals surface area (Å²) in [6, 6.07) is -3.20. The molecule has 1 aromatic rings. The first-order valence-corrected chi connectivity index (χ1v) is 21.6. The van der Waals surface area contributed by atoms with Crippen LogP contribution in [-0.2, 0) is 40.0 Å². The molecule has 7 atom stereocenters. The van der Waals surface area contributed by atoms with Crippen molar-refractivity contribution in [1.82, 2.24) is 31.9 Å². The number of guanidine groups is 2. The van der Waals surface area contributed by atoms with Gasteiger partial charge in [0.1, 0.15) is 48.0 Å². The molecular weight excluding hydrogens is 849 g/mol. The van der Waals surface area contributed by atoms with E-state index in [-0.39, 0.29) is 81.6 Å². The number of aliphatic imine (C=N–C) groups is 2. The number of phenolic OH excluding ortho intramolecular Hbond substituents is 1. The summed E-state index contributed by atoms with van der Waals surface area (Å²) in [5.74, 6) is -7.25. The van der Waals surface area contributed by atoms with Gasteiger partial charge < -0.3 is 81.6 Å². The van der Waals surface area contributed by atoms with Gasteiger partial charge in [0.25, 0.3) is 0 Å². The molecule has 0 unspecified atom stereocenters. The van der Waals surface area contributed by atoms with Crippen LogP contribution in [0.25, 0.3) is 0 Å². The number of nitrogens with two attached hydrogens (primary N) is 6. The van der Waals surface area contributed by atoms with Crippen LogP contribution in [0.15, 0.2) is 34.3 Å². The van der Waals surface area contributed by atoms with Crippen LogP contribution in [0, 0.1) is 11.8 Å². The van der Waals surface area contributed by atoms with Crippen molar-refractivity contribution in [3.63, 3.8) is 0 Å². The molecule has 1 rings (SSSR count). The fourth-order valence-corrected chi connectivity index (χ4v) is 6.30. The predicted octanol–water partition coefficient (Wildman–Crippen LogP) is -3.81. The molecule has 6 amide bonds. The Morgan fingerprint density at radius 3 is 1.52 bits per heavy atom. The first-order chi connectivity index (χ1) is 30.6. The lowest BCUT2D eigenvalue weighted by atomic mass is 9.99. The Labute approximate surface area is 379 Å². The van der Waals surface area contributed by atoms with E-state index < -0.39 is 96.2 Å². The maximum atomic E-state index is 14.1. The molecule has 0 aliphatic rings. The maximum Gasteiger partial charge on any atom is 0.326 e. The zero-order chi connectivity index (χ0) is 49.2. The molecule has 0 heterocycles. The number of carbonyl (C=O) groups excluding carboxylic acids is 6. The Morgan fingerprint density at radius 1 is 0.600 bits per heavy atom. The number of rotatable bonds is 31. The first-order valence-electron chi connectivity index (χ1n) is 21.6. The maximum absolute atomic E-state index is 14.1. The number of nitrogens with one attached hydrogen (secondary N) is 6. The van der Waals surface area contributed by atoms with Gasteiger partial charge in [-0.3, -0.25) is 38.8 Å². The Hall–Kier alpha value is -6.27. The fraction of sp³-hybridized carbons (Fsp3) is 0.634. The van der Waals surface area contributed by atoms with Gasteiger partial charge in [0.2, 0.25) is 35.4 Å². The standard InChI is InChI=1S/C41H72N14O10/c1-22(2)19-30(54-37(62)31(53-33(58)26(43)21-56)20-24-12-14-25(57)15-13-24)36(61)50-28(11-8-18-49-41(46)47)35(60)55-32(23(3)4)38(63)51-27(10-7-17-48-40(44)45)34(59)52-29(39(64)65)9-5-6-16-42/h12-15,22-23,26-32,56-57H,5-11,16-21,42-43H2,1-4H3,(H,50,61)(H,51,63)(H,52,59)(H,53,58)(H,54,62)(H,55,60)(H,64,65)(H4,44,45,48)(H4,46,47,49)/t26-,27-,28-,29-,30-,31-,32-/m0/s1. The molecule has 65 heavy (non-hydrogen) atoms. The minimum atomic E-state index is -1.35. The van der Waals surface area contributed by atoms with Crippen molar-refractivity contribution in [1.29, 1.82) is 0 Å². The van der Waals surface area contributed by atoms with Crippen molar-refractivity contribution >= 4 is 53.3 Å². The molecule has 0 aliphatic heterocycles. The molecule has 0 fully saturated rings. The van der Waals surface area contributed by atoms with E-state index in [0.29, 0.717) is 24.9 Å². The summed E-state index contributed by atoms with van der Waals surface area (Å²) in [5.41, 5.74) is 33.6. The van der Waals surface area contributed by atoms with Gasteiger partial charge in [-0.15, -0.1) is 0 Å². The highest BCUT2D eigenvalue weighted by Gasteiger charge is 2.35. The molecule has 24 heteroatoms. The predicted molar refractivity (Wildman–Crippen MR) is 243 cm³/mol. The van der Waals surface area contributed by atoms with Crippen LogP contribution in [0.4, 0.5) is 0 Å². The van der Waals surface area contributed by atoms with Crippen molar-refractivity contribution < 1.29 is 48.9 Å². The highest BCUT2D eigenvalue weighted by molar-refractivity contribution is 5.97. The number of carboxylic acid groups (broad SMARTS) is 1. The number of nitrogens with zero attached hydrogens (tertiary/aromatic N) is 2. The summed E-state index contributed by atoms with van der Waals surface area (Å²) in [7, 11) is 0. The van der Waals surface area contributed by atoms with Crippen molar-refractivity contribution in [3.8, 4) is 5.75 Å². The summed E-state index contributed by atoms with van der Waals surface area (Å²) in [6.45, 7) is 6.65. The summed E-state index contributed by atoms with van der Waals surface area (Å²) < 4.78 is 0. The number of benzene rings is 1. The zero-order valence-corrected chi connectivity index (χ0v) is 37.8. The molecule has 0 bridgehead atoms. The van der Waals surface area contributed by atoms with Gasteiger partial charge in [-0.2, -0.15) is 0 Å². The summed E-state index contributed by atoms with van der Waals surface area (Å²) in [4.78, 5) is 102. The van der Waals surface area contributed by atoms with Gasteiger partial charge in [-0.05, 0) is 87.4 Å². The van der Waals surface area contributed by atoms with Gasteiger partial charge in [0, 0.05) is 19.5 Å². The second-order valence-electron chi connectivity index (χ2n) is 16.3.